The summed E-state index contributed by atoms with van der Waals surface area (Å²) in [5, 5.41) is 0. The Kier molecular flexibility index (Phi) is 4.51. The zero-order chi connectivity index (χ0) is 15.6. The van der Waals surface area contributed by atoms with Crippen molar-refractivity contribution >= 4 is 21.4 Å². The van der Waals surface area contributed by atoms with Crippen LogP contribution >= 0.6 is 0 Å². The summed E-state index contributed by atoms with van der Waals surface area (Å²) >= 11 is 0. The number of hydrogen-bond acceptors (Lipinski definition) is 4. The van der Waals surface area contributed by atoms with Crippen molar-refractivity contribution in [2.45, 2.75) is 18.2 Å². The third kappa shape index (κ3) is 3.72. The van der Waals surface area contributed by atoms with Gasteiger partial charge < -0.3 is 9.80 Å². The third-order valence-corrected chi connectivity index (χ3v) is 4.74. The Morgan fingerprint density at radius 1 is 1.19 bits per heavy atom. The Balaban J connectivity index is 2.21. The highest BCUT2D eigenvalue weighted by Gasteiger charge is 2.20. The molecule has 0 aliphatic carbocycles. The topological polar surface area (TPSA) is 57.7 Å². The Morgan fingerprint density at radius 3 is 2.48 bits per heavy atom. The molecule has 1 fully saturated rings. The number of amides is 1. The summed E-state index contributed by atoms with van der Waals surface area (Å²) in [6, 6.07) is 3.97. The average Bonchev–Trinajstić information content (AvgIpc) is 2.63. The number of halogens is 1. The van der Waals surface area contributed by atoms with Crippen LogP contribution in [0.3, 0.4) is 0 Å². The quantitative estimate of drug-likeness (QED) is 0.825. The summed E-state index contributed by atoms with van der Waals surface area (Å²) in [6.07, 6.45) is 1.81. The van der Waals surface area contributed by atoms with E-state index in [1.54, 1.807) is 4.90 Å². The van der Waals surface area contributed by atoms with E-state index in [-0.39, 0.29) is 10.8 Å². The largest absolute Gasteiger partial charge is 0.367 e. The van der Waals surface area contributed by atoms with E-state index in [1.807, 2.05) is 4.90 Å². The van der Waals surface area contributed by atoms with E-state index in [9.17, 15) is 17.6 Å². The lowest BCUT2D eigenvalue weighted by Crippen LogP contribution is -2.33. The third-order valence-electron chi connectivity index (χ3n) is 3.63. The monoisotopic (exact) mass is 314 g/mol. The molecule has 1 aromatic carbocycles. The highest BCUT2D eigenvalue weighted by molar-refractivity contribution is 7.90. The van der Waals surface area contributed by atoms with Gasteiger partial charge in [-0.3, -0.25) is 4.79 Å². The minimum Gasteiger partial charge on any atom is -0.367 e. The molecule has 5 nitrogen and oxygen atoms in total. The predicted octanol–water partition coefficient (Wildman–Crippen LogP) is 1.29. The smallest absolute Gasteiger partial charge is 0.219 e. The molecule has 1 amide bonds. The Morgan fingerprint density at radius 2 is 1.90 bits per heavy atom. The predicted molar refractivity (Wildman–Crippen MR) is 78.6 cm³/mol. The highest BCUT2D eigenvalue weighted by atomic mass is 32.2. The summed E-state index contributed by atoms with van der Waals surface area (Å²) in [6.45, 7) is 3.91. The Labute approximate surface area is 124 Å². The van der Waals surface area contributed by atoms with Gasteiger partial charge in [-0.15, -0.1) is 0 Å². The van der Waals surface area contributed by atoms with Gasteiger partial charge in [-0.2, -0.15) is 0 Å². The maximum atomic E-state index is 14.2. The van der Waals surface area contributed by atoms with E-state index in [4.69, 9.17) is 0 Å². The highest BCUT2D eigenvalue weighted by Crippen LogP contribution is 2.24. The molecule has 21 heavy (non-hydrogen) atoms. The molecule has 0 N–H and O–H groups in total. The molecule has 0 saturated carbocycles. The number of carbonyl (C=O) groups is 1. The summed E-state index contributed by atoms with van der Waals surface area (Å²) in [5.74, 6) is -0.529. The molecule has 1 saturated heterocycles. The first-order chi connectivity index (χ1) is 9.79. The van der Waals surface area contributed by atoms with Crippen LogP contribution in [0.5, 0.6) is 0 Å². The van der Waals surface area contributed by atoms with E-state index in [1.165, 1.54) is 19.1 Å². The maximum Gasteiger partial charge on any atom is 0.219 e. The lowest BCUT2D eigenvalue weighted by Gasteiger charge is -2.24. The molecule has 1 aliphatic rings. The van der Waals surface area contributed by atoms with Crippen LogP contribution in [0, 0.1) is 5.82 Å². The van der Waals surface area contributed by atoms with Crippen molar-refractivity contribution in [3.63, 3.8) is 0 Å². The van der Waals surface area contributed by atoms with Gasteiger partial charge in [-0.25, -0.2) is 12.8 Å². The van der Waals surface area contributed by atoms with E-state index < -0.39 is 15.7 Å². The number of anilines is 1. The van der Waals surface area contributed by atoms with E-state index in [0.29, 0.717) is 31.9 Å². The summed E-state index contributed by atoms with van der Waals surface area (Å²) in [7, 11) is -3.41. The minimum absolute atomic E-state index is 0.0183. The van der Waals surface area contributed by atoms with Crippen LogP contribution in [0.1, 0.15) is 13.3 Å². The van der Waals surface area contributed by atoms with Crippen LogP contribution in [0.25, 0.3) is 0 Å². The van der Waals surface area contributed by atoms with Crippen molar-refractivity contribution in [2.75, 3.05) is 37.3 Å². The molecule has 0 unspecified atom stereocenters. The number of nitrogens with zero attached hydrogens (tertiary/aromatic N) is 2. The lowest BCUT2D eigenvalue weighted by atomic mass is 10.2. The minimum atomic E-state index is -3.41. The van der Waals surface area contributed by atoms with E-state index >= 15 is 0 Å². The van der Waals surface area contributed by atoms with Crippen molar-refractivity contribution in [1.29, 1.82) is 0 Å². The fraction of sp³-hybridized carbons (Fsp3) is 0.500. The van der Waals surface area contributed by atoms with Crippen molar-refractivity contribution in [1.82, 2.24) is 4.90 Å². The molecular weight excluding hydrogens is 295 g/mol. The molecule has 0 aromatic heterocycles. The molecule has 0 spiro atoms. The van der Waals surface area contributed by atoms with Crippen molar-refractivity contribution < 1.29 is 17.6 Å². The summed E-state index contributed by atoms with van der Waals surface area (Å²) < 4.78 is 37.0. The zero-order valence-electron chi connectivity index (χ0n) is 12.2. The van der Waals surface area contributed by atoms with Gasteiger partial charge in [0.25, 0.3) is 0 Å². The van der Waals surface area contributed by atoms with Crippen LogP contribution in [-0.4, -0.2) is 51.7 Å². The van der Waals surface area contributed by atoms with Gasteiger partial charge in [-0.05, 0) is 24.6 Å². The van der Waals surface area contributed by atoms with Gasteiger partial charge in [-0.1, -0.05) is 0 Å². The van der Waals surface area contributed by atoms with Gasteiger partial charge in [0.05, 0.1) is 10.6 Å². The van der Waals surface area contributed by atoms with Gasteiger partial charge in [0, 0.05) is 39.4 Å². The first-order valence-corrected chi connectivity index (χ1v) is 8.68. The van der Waals surface area contributed by atoms with Crippen LogP contribution in [0.15, 0.2) is 23.1 Å². The average molecular weight is 314 g/mol. The standard InChI is InChI=1S/C14H19FN2O3S/c1-11(18)16-6-3-7-17(9-8-16)14-5-4-12(10-13(14)15)21(2,19)20/h4-5,10H,3,6-9H2,1-2H3. The first-order valence-electron chi connectivity index (χ1n) is 6.79. The molecule has 0 bridgehead atoms. The second-order valence-electron chi connectivity index (χ2n) is 5.23. The molecule has 0 radical (unpaired) electrons. The number of rotatable bonds is 2. The Bertz CT molecular complexity index is 646. The Hall–Kier alpha value is -1.63. The molecule has 1 aliphatic heterocycles. The van der Waals surface area contributed by atoms with Gasteiger partial charge in [0.1, 0.15) is 5.82 Å². The van der Waals surface area contributed by atoms with Gasteiger partial charge >= 0.3 is 0 Å². The molecule has 1 aromatic rings. The van der Waals surface area contributed by atoms with Crippen molar-refractivity contribution in [3.8, 4) is 0 Å². The number of hydrogen-bond donors (Lipinski definition) is 0. The molecule has 1 heterocycles. The SMILES string of the molecule is CC(=O)N1CCCN(c2ccc(S(C)(=O)=O)cc2F)CC1. The second-order valence-corrected chi connectivity index (χ2v) is 7.25. The molecule has 2 rings (SSSR count). The van der Waals surface area contributed by atoms with E-state index in [2.05, 4.69) is 0 Å². The molecule has 7 heteroatoms. The normalized spacial score (nSPS) is 16.7. The number of benzene rings is 1. The molecule has 0 atom stereocenters. The summed E-state index contributed by atoms with van der Waals surface area (Å²) in [5.41, 5.74) is 0.382. The van der Waals surface area contributed by atoms with Crippen molar-refractivity contribution in [2.24, 2.45) is 0 Å². The summed E-state index contributed by atoms with van der Waals surface area (Å²) in [4.78, 5) is 14.9. The first kappa shape index (κ1) is 15.8. The number of carbonyl (C=O) groups excluding carboxylic acids is 1. The maximum absolute atomic E-state index is 14.2. The zero-order valence-corrected chi connectivity index (χ0v) is 13.0. The van der Waals surface area contributed by atoms with Gasteiger partial charge in [0.15, 0.2) is 9.84 Å². The van der Waals surface area contributed by atoms with Crippen LogP contribution in [0.4, 0.5) is 10.1 Å². The molecule has 116 valence electrons. The lowest BCUT2D eigenvalue weighted by molar-refractivity contribution is -0.128. The van der Waals surface area contributed by atoms with Crippen LogP contribution in [-0.2, 0) is 14.6 Å². The molecular formula is C14H19FN2O3S. The fourth-order valence-electron chi connectivity index (χ4n) is 2.45. The van der Waals surface area contributed by atoms with Crippen LogP contribution < -0.4 is 4.90 Å². The van der Waals surface area contributed by atoms with Crippen molar-refractivity contribution in [3.05, 3.63) is 24.0 Å². The van der Waals surface area contributed by atoms with E-state index in [0.717, 1.165) is 18.7 Å². The van der Waals surface area contributed by atoms with Crippen LogP contribution in [0.2, 0.25) is 0 Å². The van der Waals surface area contributed by atoms with Gasteiger partial charge in [0.2, 0.25) is 5.91 Å². The second kappa shape index (κ2) is 6.01. The number of sulfone groups is 1. The fourth-order valence-corrected chi connectivity index (χ4v) is 3.08.